The van der Waals surface area contributed by atoms with Gasteiger partial charge in [0.25, 0.3) is 5.56 Å². The molecule has 1 saturated heterocycles. The van der Waals surface area contributed by atoms with Crippen molar-refractivity contribution in [3.63, 3.8) is 0 Å². The maximum Gasteiger partial charge on any atom is 0.259 e. The Bertz CT molecular complexity index is 841. The Kier molecular flexibility index (Phi) is 5.10. The summed E-state index contributed by atoms with van der Waals surface area (Å²) in [7, 11) is 0. The molecule has 1 aliphatic carbocycles. The summed E-state index contributed by atoms with van der Waals surface area (Å²) in [6.07, 6.45) is 3.73. The van der Waals surface area contributed by atoms with Gasteiger partial charge >= 0.3 is 0 Å². The van der Waals surface area contributed by atoms with E-state index in [1.807, 2.05) is 0 Å². The lowest BCUT2D eigenvalue weighted by Crippen LogP contribution is -2.48. The van der Waals surface area contributed by atoms with E-state index in [0.29, 0.717) is 23.9 Å². The van der Waals surface area contributed by atoms with Gasteiger partial charge in [-0.3, -0.25) is 9.59 Å². The summed E-state index contributed by atoms with van der Waals surface area (Å²) in [5.74, 6) is 2.77. The molecule has 1 fully saturated rings. The van der Waals surface area contributed by atoms with Gasteiger partial charge in [0.05, 0.1) is 11.1 Å². The molecule has 0 unspecified atom stereocenters. The Labute approximate surface area is 154 Å². The van der Waals surface area contributed by atoms with Crippen LogP contribution in [-0.4, -0.2) is 41.3 Å². The lowest BCUT2D eigenvalue weighted by molar-refractivity contribution is -0.120. The number of nitrogens with one attached hydrogen (secondary N) is 3. The van der Waals surface area contributed by atoms with Crippen LogP contribution in [0.4, 0.5) is 0 Å². The Morgan fingerprint density at radius 1 is 1.36 bits per heavy atom. The van der Waals surface area contributed by atoms with Crippen LogP contribution in [0.3, 0.4) is 0 Å². The molecule has 0 radical (unpaired) electrons. The molecule has 3 N–H and O–H groups in total. The predicted octanol–water partition coefficient (Wildman–Crippen LogP) is 1.43. The zero-order valence-electron chi connectivity index (χ0n) is 14.0. The zero-order valence-corrected chi connectivity index (χ0v) is 15.7. The Balaban J connectivity index is 1.28. The summed E-state index contributed by atoms with van der Waals surface area (Å²) < 4.78 is 0. The number of amides is 1. The SMILES string of the molecule is O=C(CCSCc1nc2sc3c(c2c(=O)[nH]1)CCC3)NCC1CNC1. The highest BCUT2D eigenvalue weighted by Gasteiger charge is 2.21. The summed E-state index contributed by atoms with van der Waals surface area (Å²) in [5, 5.41) is 6.97. The molecule has 8 heteroatoms. The second-order valence-corrected chi connectivity index (χ2v) is 8.87. The van der Waals surface area contributed by atoms with Crippen LogP contribution in [0.2, 0.25) is 0 Å². The third kappa shape index (κ3) is 3.75. The maximum atomic E-state index is 12.4. The average Bonchev–Trinajstić information content (AvgIpc) is 3.10. The van der Waals surface area contributed by atoms with Gasteiger partial charge in [-0.15, -0.1) is 11.3 Å². The number of hydrogen-bond donors (Lipinski definition) is 3. The molecule has 1 amide bonds. The number of nitrogens with zero attached hydrogens (tertiary/aromatic N) is 1. The molecule has 2 aromatic rings. The first-order valence-electron chi connectivity index (χ1n) is 8.79. The van der Waals surface area contributed by atoms with Crippen LogP contribution in [-0.2, 0) is 23.4 Å². The number of carbonyl (C=O) groups excluding carboxylic acids is 1. The minimum Gasteiger partial charge on any atom is -0.356 e. The van der Waals surface area contributed by atoms with E-state index in [0.717, 1.165) is 54.9 Å². The largest absolute Gasteiger partial charge is 0.356 e. The van der Waals surface area contributed by atoms with Crippen LogP contribution in [0.5, 0.6) is 0 Å². The summed E-state index contributed by atoms with van der Waals surface area (Å²) >= 11 is 3.30. The van der Waals surface area contributed by atoms with Gasteiger partial charge in [-0.2, -0.15) is 11.8 Å². The summed E-state index contributed by atoms with van der Waals surface area (Å²) in [6.45, 7) is 2.77. The molecule has 0 spiro atoms. The van der Waals surface area contributed by atoms with Crippen molar-refractivity contribution < 1.29 is 4.79 Å². The molecule has 0 saturated carbocycles. The molecular formula is C17H22N4O2S2. The van der Waals surface area contributed by atoms with Gasteiger partial charge in [0.15, 0.2) is 0 Å². The molecule has 0 bridgehead atoms. The van der Waals surface area contributed by atoms with Gasteiger partial charge in [-0.1, -0.05) is 0 Å². The number of H-pyrrole nitrogens is 1. The number of aromatic amines is 1. The Morgan fingerprint density at radius 3 is 3.04 bits per heavy atom. The highest BCUT2D eigenvalue weighted by atomic mass is 32.2. The van der Waals surface area contributed by atoms with E-state index in [2.05, 4.69) is 20.6 Å². The van der Waals surface area contributed by atoms with Crippen LogP contribution in [0.25, 0.3) is 10.2 Å². The Morgan fingerprint density at radius 2 is 2.24 bits per heavy atom. The topological polar surface area (TPSA) is 86.9 Å². The summed E-state index contributed by atoms with van der Waals surface area (Å²) in [5.41, 5.74) is 1.21. The molecular weight excluding hydrogens is 356 g/mol. The fraction of sp³-hybridized carbons (Fsp3) is 0.588. The zero-order chi connectivity index (χ0) is 17.2. The first-order valence-corrected chi connectivity index (χ1v) is 10.8. The van der Waals surface area contributed by atoms with Crippen molar-refractivity contribution in [3.05, 3.63) is 26.6 Å². The fourth-order valence-corrected chi connectivity index (χ4v) is 5.37. The normalized spacial score (nSPS) is 16.8. The van der Waals surface area contributed by atoms with Crippen molar-refractivity contribution in [2.24, 2.45) is 5.92 Å². The first-order chi connectivity index (χ1) is 12.2. The van der Waals surface area contributed by atoms with Gasteiger partial charge in [0, 0.05) is 42.6 Å². The van der Waals surface area contributed by atoms with Crippen molar-refractivity contribution in [2.75, 3.05) is 25.4 Å². The number of aromatic nitrogens is 2. The minimum atomic E-state index is -0.00755. The molecule has 0 aromatic carbocycles. The van der Waals surface area contributed by atoms with E-state index in [1.54, 1.807) is 23.1 Å². The van der Waals surface area contributed by atoms with Crippen molar-refractivity contribution >= 4 is 39.2 Å². The van der Waals surface area contributed by atoms with E-state index in [1.165, 1.54) is 10.4 Å². The van der Waals surface area contributed by atoms with E-state index >= 15 is 0 Å². The third-order valence-corrected chi connectivity index (χ3v) is 6.95. The van der Waals surface area contributed by atoms with Crippen molar-refractivity contribution in [2.45, 2.75) is 31.4 Å². The molecule has 0 atom stereocenters. The van der Waals surface area contributed by atoms with E-state index in [-0.39, 0.29) is 11.5 Å². The maximum absolute atomic E-state index is 12.4. The number of hydrogen-bond acceptors (Lipinski definition) is 6. The lowest BCUT2D eigenvalue weighted by atomic mass is 10.0. The quantitative estimate of drug-likeness (QED) is 0.635. The minimum absolute atomic E-state index is 0.00755. The number of aryl methyl sites for hydroxylation is 2. The predicted molar refractivity (Wildman–Crippen MR) is 102 cm³/mol. The molecule has 4 rings (SSSR count). The highest BCUT2D eigenvalue weighted by molar-refractivity contribution is 7.98. The van der Waals surface area contributed by atoms with Gasteiger partial charge < -0.3 is 15.6 Å². The van der Waals surface area contributed by atoms with Crippen LogP contribution >= 0.6 is 23.1 Å². The average molecular weight is 379 g/mol. The van der Waals surface area contributed by atoms with Gasteiger partial charge in [0.2, 0.25) is 5.91 Å². The number of fused-ring (bicyclic) bond motifs is 3. The molecule has 6 nitrogen and oxygen atoms in total. The molecule has 3 heterocycles. The summed E-state index contributed by atoms with van der Waals surface area (Å²) in [6, 6.07) is 0. The van der Waals surface area contributed by atoms with Gasteiger partial charge in [0.1, 0.15) is 10.7 Å². The van der Waals surface area contributed by atoms with Gasteiger partial charge in [-0.25, -0.2) is 4.98 Å². The van der Waals surface area contributed by atoms with Crippen LogP contribution in [0.15, 0.2) is 4.79 Å². The van der Waals surface area contributed by atoms with Crippen LogP contribution < -0.4 is 16.2 Å². The Hall–Kier alpha value is -1.38. The highest BCUT2D eigenvalue weighted by Crippen LogP contribution is 2.34. The number of thiophene rings is 1. The molecule has 2 aliphatic rings. The van der Waals surface area contributed by atoms with Gasteiger partial charge in [-0.05, 0) is 24.8 Å². The van der Waals surface area contributed by atoms with Crippen molar-refractivity contribution in [1.82, 2.24) is 20.6 Å². The molecule has 2 aromatic heterocycles. The van der Waals surface area contributed by atoms with Crippen molar-refractivity contribution in [1.29, 1.82) is 0 Å². The smallest absolute Gasteiger partial charge is 0.259 e. The molecule has 25 heavy (non-hydrogen) atoms. The molecule has 1 aliphatic heterocycles. The van der Waals surface area contributed by atoms with E-state index < -0.39 is 0 Å². The second kappa shape index (κ2) is 7.47. The number of rotatable bonds is 7. The number of thioether (sulfide) groups is 1. The van der Waals surface area contributed by atoms with Crippen LogP contribution in [0, 0.1) is 5.92 Å². The third-order valence-electron chi connectivity index (χ3n) is 4.79. The first kappa shape index (κ1) is 17.1. The van der Waals surface area contributed by atoms with Crippen molar-refractivity contribution in [3.8, 4) is 0 Å². The van der Waals surface area contributed by atoms with Crippen LogP contribution in [0.1, 0.15) is 29.1 Å². The standard InChI is InChI=1S/C17H22N4O2S2/c22-14(19-8-10-6-18-7-10)4-5-24-9-13-20-16(23)15-11-2-1-3-12(11)25-17(15)21-13/h10,18H,1-9H2,(H,19,22)(H,20,21,23). The van der Waals surface area contributed by atoms with E-state index in [4.69, 9.17) is 0 Å². The second-order valence-electron chi connectivity index (χ2n) is 6.68. The fourth-order valence-electron chi connectivity index (χ4n) is 3.29. The van der Waals surface area contributed by atoms with E-state index in [9.17, 15) is 9.59 Å². The summed E-state index contributed by atoms with van der Waals surface area (Å²) in [4.78, 5) is 33.9. The lowest BCUT2D eigenvalue weighted by Gasteiger charge is -2.27. The monoisotopic (exact) mass is 378 g/mol. The molecule has 134 valence electrons. The number of carbonyl (C=O) groups is 1.